The van der Waals surface area contributed by atoms with E-state index in [1.54, 1.807) is 16.4 Å². The fourth-order valence-corrected chi connectivity index (χ4v) is 3.88. The molecule has 0 saturated carbocycles. The molecule has 144 valence electrons. The Balaban J connectivity index is 1.60. The lowest BCUT2D eigenvalue weighted by Crippen LogP contribution is -2.26. The van der Waals surface area contributed by atoms with Crippen LogP contribution in [0.4, 0.5) is 16.2 Å². The first-order valence-electron chi connectivity index (χ1n) is 9.59. The van der Waals surface area contributed by atoms with E-state index in [0.717, 1.165) is 30.6 Å². The molecule has 0 fully saturated rings. The van der Waals surface area contributed by atoms with E-state index < -0.39 is 6.03 Å². The highest BCUT2D eigenvalue weighted by atomic mass is 16.2. The van der Waals surface area contributed by atoms with Gasteiger partial charge in [0.25, 0.3) is 5.56 Å². The Hall–Kier alpha value is -3.28. The second kappa shape index (κ2) is 7.38. The number of hydrogen-bond donors (Lipinski definition) is 2. The number of aryl methyl sites for hydroxylation is 1. The molecule has 1 heterocycles. The molecular weight excluding hydrogens is 352 g/mol. The minimum atomic E-state index is -0.398. The zero-order chi connectivity index (χ0) is 19.7. The van der Waals surface area contributed by atoms with Gasteiger partial charge >= 0.3 is 6.03 Å². The fraction of sp³-hybridized carbons (Fsp3) is 0.273. The van der Waals surface area contributed by atoms with Crippen LogP contribution in [0, 0.1) is 6.92 Å². The van der Waals surface area contributed by atoms with E-state index in [-0.39, 0.29) is 11.2 Å². The molecule has 0 spiro atoms. The topological polar surface area (TPSA) is 68.1 Å². The van der Waals surface area contributed by atoms with Crippen molar-refractivity contribution in [2.75, 3.05) is 10.6 Å². The van der Waals surface area contributed by atoms with Crippen LogP contribution in [0.1, 0.15) is 29.7 Å². The molecular formula is C22H24N4O2. The summed E-state index contributed by atoms with van der Waals surface area (Å²) < 4.78 is 3.30. The van der Waals surface area contributed by atoms with E-state index in [2.05, 4.69) is 16.7 Å². The van der Waals surface area contributed by atoms with Crippen molar-refractivity contribution in [2.24, 2.45) is 7.05 Å². The van der Waals surface area contributed by atoms with Crippen LogP contribution in [0.15, 0.2) is 53.3 Å². The number of amides is 2. The second-order valence-electron chi connectivity index (χ2n) is 7.17. The number of nitrogens with one attached hydrogen (secondary N) is 2. The highest BCUT2D eigenvalue weighted by Gasteiger charge is 2.19. The van der Waals surface area contributed by atoms with Gasteiger partial charge < -0.3 is 10.6 Å². The molecule has 0 unspecified atom stereocenters. The number of carbonyl (C=O) groups excluding carboxylic acids is 1. The molecule has 0 bridgehead atoms. The summed E-state index contributed by atoms with van der Waals surface area (Å²) in [7, 11) is 1.81. The van der Waals surface area contributed by atoms with E-state index in [1.807, 2.05) is 49.4 Å². The number of para-hydroxylation sites is 1. The molecule has 0 saturated heterocycles. The number of rotatable bonds is 3. The van der Waals surface area contributed by atoms with Crippen LogP contribution in [-0.4, -0.2) is 15.4 Å². The van der Waals surface area contributed by atoms with Gasteiger partial charge in [0.2, 0.25) is 0 Å². The Morgan fingerprint density at radius 2 is 1.71 bits per heavy atom. The highest BCUT2D eigenvalue weighted by Crippen LogP contribution is 2.28. The fourth-order valence-electron chi connectivity index (χ4n) is 3.88. The van der Waals surface area contributed by atoms with Gasteiger partial charge in [0.15, 0.2) is 0 Å². The van der Waals surface area contributed by atoms with Gasteiger partial charge in [-0.05, 0) is 61.9 Å². The molecule has 1 aliphatic carbocycles. The van der Waals surface area contributed by atoms with E-state index in [0.29, 0.717) is 5.69 Å². The van der Waals surface area contributed by atoms with Crippen LogP contribution < -0.4 is 16.2 Å². The van der Waals surface area contributed by atoms with Gasteiger partial charge in [-0.25, -0.2) is 9.48 Å². The summed E-state index contributed by atoms with van der Waals surface area (Å²) in [6, 6.07) is 15.0. The molecule has 0 radical (unpaired) electrons. The van der Waals surface area contributed by atoms with Crippen molar-refractivity contribution in [1.82, 2.24) is 9.36 Å². The van der Waals surface area contributed by atoms with Crippen molar-refractivity contribution in [3.63, 3.8) is 0 Å². The molecule has 2 amide bonds. The van der Waals surface area contributed by atoms with Gasteiger partial charge in [-0.3, -0.25) is 9.48 Å². The molecule has 6 nitrogen and oxygen atoms in total. The third-order valence-electron chi connectivity index (χ3n) is 5.44. The minimum Gasteiger partial charge on any atom is -0.307 e. The van der Waals surface area contributed by atoms with Gasteiger partial charge in [0, 0.05) is 12.7 Å². The predicted molar refractivity (Wildman–Crippen MR) is 111 cm³/mol. The first kappa shape index (κ1) is 18.1. The van der Waals surface area contributed by atoms with Gasteiger partial charge in [-0.1, -0.05) is 30.3 Å². The Morgan fingerprint density at radius 1 is 0.964 bits per heavy atom. The van der Waals surface area contributed by atoms with Crippen LogP contribution in [0.25, 0.3) is 5.69 Å². The van der Waals surface area contributed by atoms with Crippen molar-refractivity contribution in [2.45, 2.75) is 32.6 Å². The van der Waals surface area contributed by atoms with E-state index in [9.17, 15) is 9.59 Å². The molecule has 0 atom stereocenters. The monoisotopic (exact) mass is 376 g/mol. The average Bonchev–Trinajstić information content (AvgIpc) is 2.92. The third kappa shape index (κ3) is 3.22. The number of hydrogen-bond acceptors (Lipinski definition) is 2. The number of fused-ring (bicyclic) bond motifs is 1. The molecule has 6 heteroatoms. The Morgan fingerprint density at radius 3 is 2.50 bits per heavy atom. The van der Waals surface area contributed by atoms with Crippen molar-refractivity contribution >= 4 is 17.4 Å². The molecule has 2 aromatic carbocycles. The van der Waals surface area contributed by atoms with Crippen LogP contribution in [0.3, 0.4) is 0 Å². The smallest absolute Gasteiger partial charge is 0.307 e. The maximum Gasteiger partial charge on any atom is 0.323 e. The summed E-state index contributed by atoms with van der Waals surface area (Å²) in [6.45, 7) is 1.82. The lowest BCUT2D eigenvalue weighted by Gasteiger charge is -2.19. The average molecular weight is 376 g/mol. The lowest BCUT2D eigenvalue weighted by atomic mass is 9.90. The first-order chi connectivity index (χ1) is 13.6. The first-order valence-corrected chi connectivity index (χ1v) is 9.59. The Labute approximate surface area is 163 Å². The number of nitrogens with zero attached hydrogens (tertiary/aromatic N) is 2. The number of anilines is 2. The van der Waals surface area contributed by atoms with Crippen molar-refractivity contribution in [3.8, 4) is 5.69 Å². The van der Waals surface area contributed by atoms with Gasteiger partial charge in [0.05, 0.1) is 11.4 Å². The SMILES string of the molecule is Cc1c(NC(=O)Nc2cccc3c2CCCC3)c(=O)n(-c2ccccc2)n1C. The predicted octanol–water partition coefficient (Wildman–Crippen LogP) is 4.01. The zero-order valence-electron chi connectivity index (χ0n) is 16.2. The van der Waals surface area contributed by atoms with Crippen molar-refractivity contribution in [3.05, 3.63) is 75.7 Å². The lowest BCUT2D eigenvalue weighted by molar-refractivity contribution is 0.262. The summed E-state index contributed by atoms with van der Waals surface area (Å²) in [5.41, 5.74) is 4.81. The summed E-state index contributed by atoms with van der Waals surface area (Å²) in [5.74, 6) is 0. The van der Waals surface area contributed by atoms with Gasteiger partial charge in [0.1, 0.15) is 5.69 Å². The molecule has 0 aliphatic heterocycles. The van der Waals surface area contributed by atoms with Crippen LogP contribution in [0.5, 0.6) is 0 Å². The number of benzene rings is 2. The summed E-state index contributed by atoms with van der Waals surface area (Å²) in [6.07, 6.45) is 4.33. The standard InChI is InChI=1S/C22H24N4O2/c1-15-20(21(27)26(25(15)2)17-11-4-3-5-12-17)24-22(28)23-19-14-8-10-16-9-6-7-13-18(16)19/h3-5,8,10-12,14H,6-7,9,13H2,1-2H3,(H2,23,24,28). The quantitative estimate of drug-likeness (QED) is 0.725. The van der Waals surface area contributed by atoms with Crippen LogP contribution in [-0.2, 0) is 19.9 Å². The Bertz CT molecular complexity index is 1080. The zero-order valence-corrected chi connectivity index (χ0v) is 16.2. The molecule has 28 heavy (non-hydrogen) atoms. The minimum absolute atomic E-state index is 0.253. The molecule has 4 rings (SSSR count). The maximum atomic E-state index is 12.9. The van der Waals surface area contributed by atoms with E-state index >= 15 is 0 Å². The van der Waals surface area contributed by atoms with E-state index in [1.165, 1.54) is 17.5 Å². The molecule has 1 aromatic heterocycles. The van der Waals surface area contributed by atoms with Crippen molar-refractivity contribution in [1.29, 1.82) is 0 Å². The van der Waals surface area contributed by atoms with Gasteiger partial charge in [-0.15, -0.1) is 0 Å². The second-order valence-corrected chi connectivity index (χ2v) is 7.17. The van der Waals surface area contributed by atoms with Gasteiger partial charge in [-0.2, -0.15) is 0 Å². The number of carbonyl (C=O) groups is 1. The number of aromatic nitrogens is 2. The molecule has 1 aliphatic rings. The molecule has 3 aromatic rings. The van der Waals surface area contributed by atoms with E-state index in [4.69, 9.17) is 0 Å². The summed E-state index contributed by atoms with van der Waals surface area (Å²) >= 11 is 0. The van der Waals surface area contributed by atoms with Crippen LogP contribution in [0.2, 0.25) is 0 Å². The highest BCUT2D eigenvalue weighted by molar-refractivity contribution is 6.00. The molecule has 2 N–H and O–H groups in total. The largest absolute Gasteiger partial charge is 0.323 e. The Kier molecular flexibility index (Phi) is 4.77. The third-order valence-corrected chi connectivity index (χ3v) is 5.44. The summed E-state index contributed by atoms with van der Waals surface area (Å²) in [5, 5.41) is 5.69. The number of urea groups is 1. The summed E-state index contributed by atoms with van der Waals surface area (Å²) in [4.78, 5) is 25.6. The maximum absolute atomic E-state index is 12.9. The normalized spacial score (nSPS) is 13.1. The van der Waals surface area contributed by atoms with Crippen LogP contribution >= 0.6 is 0 Å². The van der Waals surface area contributed by atoms with Crippen molar-refractivity contribution < 1.29 is 4.79 Å².